The van der Waals surface area contributed by atoms with Crippen molar-refractivity contribution in [3.63, 3.8) is 0 Å². The number of fused-ring (bicyclic) bond motifs is 1. The van der Waals surface area contributed by atoms with Crippen molar-refractivity contribution < 1.29 is 9.53 Å². The quantitative estimate of drug-likeness (QED) is 0.850. The number of aromatic amines is 1. The van der Waals surface area contributed by atoms with Crippen molar-refractivity contribution >= 4 is 28.5 Å². The minimum absolute atomic E-state index is 0.00562. The van der Waals surface area contributed by atoms with Gasteiger partial charge in [-0.15, -0.1) is 0 Å². The maximum atomic E-state index is 12.1. The highest BCUT2D eigenvalue weighted by molar-refractivity contribution is 6.32. The lowest BCUT2D eigenvalue weighted by Crippen LogP contribution is -2.18. The molecule has 1 aromatic carbocycles. The fraction of sp³-hybridized carbons (Fsp3) is 0.231. The van der Waals surface area contributed by atoms with E-state index in [0.29, 0.717) is 15.9 Å². The molecular weight excluding hydrogens is 254 g/mol. The number of hydrogen-bond acceptors (Lipinski definition) is 3. The van der Waals surface area contributed by atoms with Gasteiger partial charge in [0.25, 0.3) is 0 Å². The Bertz CT molecular complexity index is 676. The molecule has 0 spiro atoms. The van der Waals surface area contributed by atoms with Crippen molar-refractivity contribution in [2.45, 2.75) is 13.8 Å². The van der Waals surface area contributed by atoms with Crippen LogP contribution in [0.15, 0.2) is 23.1 Å². The van der Waals surface area contributed by atoms with E-state index in [2.05, 4.69) is 4.98 Å². The molecule has 0 aliphatic heterocycles. The molecule has 0 bridgehead atoms. The van der Waals surface area contributed by atoms with E-state index in [0.717, 1.165) is 5.56 Å². The number of H-pyrrole nitrogens is 1. The Balaban J connectivity index is 2.68. The fourth-order valence-electron chi connectivity index (χ4n) is 1.71. The summed E-state index contributed by atoms with van der Waals surface area (Å²) in [6.45, 7) is 3.73. The summed E-state index contributed by atoms with van der Waals surface area (Å²) in [5.41, 5.74) is 1.05. The summed E-state index contributed by atoms with van der Waals surface area (Å²) in [6.07, 6.45) is 1.36. The molecular formula is C13H12ClNO3. The van der Waals surface area contributed by atoms with Crippen molar-refractivity contribution in [2.75, 3.05) is 6.61 Å². The Morgan fingerprint density at radius 1 is 1.44 bits per heavy atom. The van der Waals surface area contributed by atoms with Crippen LogP contribution in [-0.4, -0.2) is 17.6 Å². The van der Waals surface area contributed by atoms with Crippen LogP contribution in [0.1, 0.15) is 22.8 Å². The zero-order chi connectivity index (χ0) is 13.3. The summed E-state index contributed by atoms with van der Waals surface area (Å²) >= 11 is 5.98. The van der Waals surface area contributed by atoms with Crippen molar-refractivity contribution in [3.8, 4) is 0 Å². The van der Waals surface area contributed by atoms with Crippen LogP contribution in [0.4, 0.5) is 0 Å². The highest BCUT2D eigenvalue weighted by Crippen LogP contribution is 2.20. The molecule has 4 nitrogen and oxygen atoms in total. The lowest BCUT2D eigenvalue weighted by Gasteiger charge is -2.05. The molecule has 18 heavy (non-hydrogen) atoms. The Hall–Kier alpha value is -1.81. The number of nitrogens with one attached hydrogen (secondary N) is 1. The van der Waals surface area contributed by atoms with Crippen molar-refractivity contribution in [3.05, 3.63) is 44.7 Å². The number of halogens is 1. The molecule has 1 heterocycles. The van der Waals surface area contributed by atoms with Crippen LogP contribution in [0.2, 0.25) is 5.02 Å². The van der Waals surface area contributed by atoms with E-state index in [4.69, 9.17) is 16.3 Å². The number of aryl methyl sites for hydroxylation is 1. The molecule has 0 amide bonds. The number of rotatable bonds is 2. The summed E-state index contributed by atoms with van der Waals surface area (Å²) in [5.74, 6) is -0.617. The highest BCUT2D eigenvalue weighted by Gasteiger charge is 2.14. The van der Waals surface area contributed by atoms with E-state index in [1.165, 1.54) is 6.20 Å². The third-order valence-corrected chi connectivity index (χ3v) is 3.06. The monoisotopic (exact) mass is 265 g/mol. The maximum absolute atomic E-state index is 12.1. The normalized spacial score (nSPS) is 10.6. The maximum Gasteiger partial charge on any atom is 0.343 e. The third-order valence-electron chi connectivity index (χ3n) is 2.66. The Morgan fingerprint density at radius 2 is 2.17 bits per heavy atom. The fourth-order valence-corrected chi connectivity index (χ4v) is 1.87. The van der Waals surface area contributed by atoms with E-state index in [1.54, 1.807) is 26.0 Å². The van der Waals surface area contributed by atoms with Crippen LogP contribution in [0.3, 0.4) is 0 Å². The number of pyridine rings is 1. The van der Waals surface area contributed by atoms with Crippen molar-refractivity contribution in [1.82, 2.24) is 4.98 Å². The summed E-state index contributed by atoms with van der Waals surface area (Å²) in [7, 11) is 0. The smallest absolute Gasteiger partial charge is 0.343 e. The predicted octanol–water partition coefficient (Wildman–Crippen LogP) is 2.67. The lowest BCUT2D eigenvalue weighted by atomic mass is 10.1. The zero-order valence-corrected chi connectivity index (χ0v) is 10.8. The van der Waals surface area contributed by atoms with Crippen LogP contribution in [-0.2, 0) is 4.74 Å². The Labute approximate surface area is 109 Å². The van der Waals surface area contributed by atoms with Crippen LogP contribution < -0.4 is 5.43 Å². The van der Waals surface area contributed by atoms with Crippen LogP contribution in [0.25, 0.3) is 10.9 Å². The number of ether oxygens (including phenoxy) is 1. The standard InChI is InChI=1S/C13H12ClNO3/c1-3-18-13(17)9-6-15-11-5-10(14)7(2)4-8(11)12(9)16/h4-6H,3H2,1-2H3,(H,15,16). The number of benzene rings is 1. The zero-order valence-electron chi connectivity index (χ0n) is 10.0. The van der Waals surface area contributed by atoms with Gasteiger partial charge >= 0.3 is 5.97 Å². The third kappa shape index (κ3) is 2.11. The largest absolute Gasteiger partial charge is 0.462 e. The molecule has 2 aromatic rings. The Morgan fingerprint density at radius 3 is 2.83 bits per heavy atom. The molecule has 1 aromatic heterocycles. The van der Waals surface area contributed by atoms with E-state index in [1.807, 2.05) is 0 Å². The average molecular weight is 266 g/mol. The molecule has 2 rings (SSSR count). The summed E-state index contributed by atoms with van der Waals surface area (Å²) in [6, 6.07) is 3.34. The second kappa shape index (κ2) is 4.82. The summed E-state index contributed by atoms with van der Waals surface area (Å²) in [5, 5.41) is 1.00. The van der Waals surface area contributed by atoms with Gasteiger partial charge in [0.05, 0.1) is 12.1 Å². The van der Waals surface area contributed by atoms with Crippen LogP contribution in [0.5, 0.6) is 0 Å². The molecule has 0 unspecified atom stereocenters. The van der Waals surface area contributed by atoms with Crippen molar-refractivity contribution in [1.29, 1.82) is 0 Å². The van der Waals surface area contributed by atoms with Gasteiger partial charge in [0.1, 0.15) is 5.56 Å². The van der Waals surface area contributed by atoms with Gasteiger partial charge in [-0.1, -0.05) is 11.6 Å². The molecule has 5 heteroatoms. The van der Waals surface area contributed by atoms with Crippen LogP contribution >= 0.6 is 11.6 Å². The SMILES string of the molecule is CCOC(=O)c1c[nH]c2cc(Cl)c(C)cc2c1=O. The molecule has 0 aliphatic rings. The number of carbonyl (C=O) groups excluding carboxylic acids is 1. The minimum Gasteiger partial charge on any atom is -0.462 e. The first-order valence-electron chi connectivity index (χ1n) is 5.53. The predicted molar refractivity (Wildman–Crippen MR) is 70.3 cm³/mol. The van der Waals surface area contributed by atoms with Crippen molar-refractivity contribution in [2.24, 2.45) is 0 Å². The van der Waals surface area contributed by atoms with E-state index in [-0.39, 0.29) is 17.6 Å². The lowest BCUT2D eigenvalue weighted by molar-refractivity contribution is 0.0524. The van der Waals surface area contributed by atoms with Gasteiger partial charge in [0, 0.05) is 16.6 Å². The summed E-state index contributed by atoms with van der Waals surface area (Å²) < 4.78 is 4.83. The van der Waals surface area contributed by atoms with E-state index >= 15 is 0 Å². The van der Waals surface area contributed by atoms with Crippen LogP contribution in [0, 0.1) is 6.92 Å². The molecule has 0 saturated heterocycles. The average Bonchev–Trinajstić information content (AvgIpc) is 2.32. The molecule has 0 atom stereocenters. The second-order valence-electron chi connectivity index (χ2n) is 3.90. The van der Waals surface area contributed by atoms with Gasteiger partial charge < -0.3 is 9.72 Å². The number of carbonyl (C=O) groups is 1. The summed E-state index contributed by atoms with van der Waals surface area (Å²) in [4.78, 5) is 26.6. The van der Waals surface area contributed by atoms with Gasteiger partial charge in [0.2, 0.25) is 5.43 Å². The number of aromatic nitrogens is 1. The second-order valence-corrected chi connectivity index (χ2v) is 4.31. The number of hydrogen-bond donors (Lipinski definition) is 1. The van der Waals surface area contributed by atoms with Gasteiger partial charge in [-0.05, 0) is 31.5 Å². The van der Waals surface area contributed by atoms with E-state index in [9.17, 15) is 9.59 Å². The molecule has 0 aliphatic carbocycles. The molecule has 0 saturated carbocycles. The van der Waals surface area contributed by atoms with Gasteiger partial charge in [0.15, 0.2) is 0 Å². The minimum atomic E-state index is -0.617. The first-order chi connectivity index (χ1) is 8.54. The Kier molecular flexibility index (Phi) is 3.39. The molecule has 0 fully saturated rings. The molecule has 94 valence electrons. The molecule has 1 N–H and O–H groups in total. The topological polar surface area (TPSA) is 59.2 Å². The van der Waals surface area contributed by atoms with E-state index < -0.39 is 5.97 Å². The highest BCUT2D eigenvalue weighted by atomic mass is 35.5. The first-order valence-corrected chi connectivity index (χ1v) is 5.91. The van der Waals surface area contributed by atoms with Gasteiger partial charge in [-0.25, -0.2) is 4.79 Å². The first kappa shape index (κ1) is 12.6. The number of esters is 1. The molecule has 0 radical (unpaired) electrons. The van der Waals surface area contributed by atoms with Gasteiger partial charge in [-0.2, -0.15) is 0 Å². The van der Waals surface area contributed by atoms with Gasteiger partial charge in [-0.3, -0.25) is 4.79 Å².